The van der Waals surface area contributed by atoms with Crippen LogP contribution in [0, 0.1) is 13.5 Å². The number of rotatable bonds is 11. The van der Waals surface area contributed by atoms with Gasteiger partial charge in [-0.2, -0.15) is 0 Å². The Morgan fingerprint density at radius 3 is 2.38 bits per heavy atom. The molecule has 0 fully saturated rings. The van der Waals surface area contributed by atoms with Gasteiger partial charge in [0.1, 0.15) is 11.9 Å². The van der Waals surface area contributed by atoms with Crippen LogP contribution in [0.4, 0.5) is 5.69 Å². The molecule has 0 amide bonds. The largest absolute Gasteiger partial charge is 0.462 e. The van der Waals surface area contributed by atoms with Crippen LogP contribution in [0.3, 0.4) is 0 Å². The van der Waals surface area contributed by atoms with Crippen LogP contribution >= 0.6 is 11.6 Å². The van der Waals surface area contributed by atoms with Crippen molar-refractivity contribution in [1.82, 2.24) is 10.2 Å². The summed E-state index contributed by atoms with van der Waals surface area (Å²) in [5, 5.41) is 8.87. The third-order valence-electron chi connectivity index (χ3n) is 5.92. The lowest BCUT2D eigenvalue weighted by Gasteiger charge is -2.22. The van der Waals surface area contributed by atoms with Gasteiger partial charge in [-0.05, 0) is 68.5 Å². The lowest BCUT2D eigenvalue weighted by Crippen LogP contribution is -2.25. The first-order valence-corrected chi connectivity index (χ1v) is 12.6. The van der Waals surface area contributed by atoms with Gasteiger partial charge in [0, 0.05) is 18.4 Å². The second kappa shape index (κ2) is 13.0. The van der Waals surface area contributed by atoms with Crippen LogP contribution in [0.15, 0.2) is 40.8 Å². The molecule has 0 N–H and O–H groups in total. The minimum absolute atomic E-state index is 0.287. The summed E-state index contributed by atoms with van der Waals surface area (Å²) in [5.41, 5.74) is 2.70. The van der Waals surface area contributed by atoms with Crippen molar-refractivity contribution in [2.24, 2.45) is 0 Å². The number of benzene rings is 2. The second-order valence-corrected chi connectivity index (χ2v) is 9.12. The van der Waals surface area contributed by atoms with Gasteiger partial charge >= 0.3 is 11.9 Å². The average molecular weight is 524 g/mol. The first-order chi connectivity index (χ1) is 17.8. The highest BCUT2D eigenvalue weighted by Gasteiger charge is 2.29. The van der Waals surface area contributed by atoms with Crippen LogP contribution < -0.4 is 4.74 Å². The van der Waals surface area contributed by atoms with E-state index in [9.17, 15) is 9.59 Å². The Bertz CT molecular complexity index is 1280. The molecule has 0 aliphatic rings. The minimum atomic E-state index is -0.550. The smallest absolute Gasteiger partial charge is 0.311 e. The minimum Gasteiger partial charge on any atom is -0.462 e. The number of esters is 2. The maximum Gasteiger partial charge on any atom is 0.311 e. The molecule has 0 radical (unpaired) electrons. The molecule has 0 spiro atoms. The molecule has 37 heavy (non-hydrogen) atoms. The molecule has 0 bridgehead atoms. The third-order valence-corrected chi connectivity index (χ3v) is 6.40. The highest BCUT2D eigenvalue weighted by molar-refractivity contribution is 6.34. The van der Waals surface area contributed by atoms with E-state index >= 15 is 0 Å². The molecule has 0 aliphatic heterocycles. The molecule has 2 aromatic carbocycles. The Labute approximate surface area is 221 Å². The zero-order valence-electron chi connectivity index (χ0n) is 21.4. The number of hydrogen-bond donors (Lipinski definition) is 0. The Morgan fingerprint density at radius 2 is 1.73 bits per heavy atom. The van der Waals surface area contributed by atoms with Gasteiger partial charge in [-0.25, -0.2) is 4.85 Å². The normalized spacial score (nSPS) is 12.4. The average Bonchev–Trinajstić information content (AvgIpc) is 3.35. The molecular weight excluding hydrogens is 494 g/mol. The number of aromatic nitrogens is 2. The molecule has 3 aromatic rings. The van der Waals surface area contributed by atoms with Gasteiger partial charge in [0.2, 0.25) is 17.5 Å². The highest BCUT2D eigenvalue weighted by atomic mass is 35.5. The zero-order chi connectivity index (χ0) is 26.9. The third kappa shape index (κ3) is 7.17. The lowest BCUT2D eigenvalue weighted by atomic mass is 9.92. The van der Waals surface area contributed by atoms with E-state index in [-0.39, 0.29) is 17.8 Å². The second-order valence-electron chi connectivity index (χ2n) is 8.74. The summed E-state index contributed by atoms with van der Waals surface area (Å²) in [6, 6.07) is 10.3. The van der Waals surface area contributed by atoms with Gasteiger partial charge in [0.25, 0.3) is 0 Å². The molecule has 9 heteroatoms. The van der Waals surface area contributed by atoms with Crippen molar-refractivity contribution in [2.45, 2.75) is 71.8 Å². The van der Waals surface area contributed by atoms with E-state index in [0.717, 1.165) is 11.1 Å². The first kappa shape index (κ1) is 27.9. The van der Waals surface area contributed by atoms with Crippen molar-refractivity contribution in [2.75, 3.05) is 0 Å². The van der Waals surface area contributed by atoms with Crippen LogP contribution in [0.25, 0.3) is 16.3 Å². The van der Waals surface area contributed by atoms with Crippen LogP contribution in [0.2, 0.25) is 5.02 Å². The van der Waals surface area contributed by atoms with Gasteiger partial charge in [0.05, 0.1) is 17.5 Å². The maximum absolute atomic E-state index is 12.2. The monoisotopic (exact) mass is 523 g/mol. The fourth-order valence-electron chi connectivity index (χ4n) is 3.81. The molecular formula is C28H30ClN3O5. The molecule has 3 rings (SSSR count). The lowest BCUT2D eigenvalue weighted by molar-refractivity contribution is -0.149. The van der Waals surface area contributed by atoms with Gasteiger partial charge in [-0.3, -0.25) is 9.59 Å². The molecule has 0 saturated carbocycles. The molecule has 1 aromatic heterocycles. The number of ether oxygens (including phenoxy) is 2. The molecule has 2 atom stereocenters. The Hall–Kier alpha value is -3.70. The zero-order valence-corrected chi connectivity index (χ0v) is 22.2. The van der Waals surface area contributed by atoms with Gasteiger partial charge in [0.15, 0.2) is 0 Å². The molecule has 0 aliphatic carbocycles. The van der Waals surface area contributed by atoms with E-state index < -0.39 is 12.0 Å². The maximum atomic E-state index is 12.2. The van der Waals surface area contributed by atoms with Crippen molar-refractivity contribution >= 4 is 29.2 Å². The fraction of sp³-hybridized carbons (Fsp3) is 0.393. The van der Waals surface area contributed by atoms with Crippen LogP contribution in [-0.2, 0) is 20.7 Å². The number of halogens is 1. The molecule has 0 unspecified atom stereocenters. The molecule has 1 heterocycles. The summed E-state index contributed by atoms with van der Waals surface area (Å²) >= 11 is 6.40. The van der Waals surface area contributed by atoms with E-state index in [1.165, 1.54) is 0 Å². The predicted molar refractivity (Wildman–Crippen MR) is 140 cm³/mol. The standard InChI is InChI=1S/C28H30ClN3O5/c1-6-8-24(33)35-18(4)22(16-20-12-15-23(30-5)26(29)17(20)3)28-32-31-27(37-28)19-10-13-21(14-11-19)36-25(34)9-7-2/h10-15,18,22H,6-9,16H2,1-4H3/t18-,22+/m0/s1. The van der Waals surface area contributed by atoms with E-state index in [2.05, 4.69) is 15.0 Å². The van der Waals surface area contributed by atoms with Crippen molar-refractivity contribution in [1.29, 1.82) is 0 Å². The van der Waals surface area contributed by atoms with Crippen molar-refractivity contribution in [3.8, 4) is 17.2 Å². The van der Waals surface area contributed by atoms with E-state index in [0.29, 0.717) is 60.0 Å². The summed E-state index contributed by atoms with van der Waals surface area (Å²) in [6.07, 6.45) is 1.92. The summed E-state index contributed by atoms with van der Waals surface area (Å²) in [4.78, 5) is 27.4. The molecule has 0 saturated heterocycles. The van der Waals surface area contributed by atoms with Crippen molar-refractivity contribution < 1.29 is 23.5 Å². The van der Waals surface area contributed by atoms with E-state index in [1.807, 2.05) is 26.8 Å². The van der Waals surface area contributed by atoms with Crippen LogP contribution in [0.1, 0.15) is 69.4 Å². The highest BCUT2D eigenvalue weighted by Crippen LogP contribution is 2.35. The first-order valence-electron chi connectivity index (χ1n) is 12.3. The van der Waals surface area contributed by atoms with E-state index in [4.69, 9.17) is 32.1 Å². The topological polar surface area (TPSA) is 95.9 Å². The van der Waals surface area contributed by atoms with Gasteiger partial charge in [-0.15, -0.1) is 10.2 Å². The van der Waals surface area contributed by atoms with Crippen LogP contribution in [-0.4, -0.2) is 28.2 Å². The summed E-state index contributed by atoms with van der Waals surface area (Å²) in [7, 11) is 0. The van der Waals surface area contributed by atoms with E-state index in [1.54, 1.807) is 37.3 Å². The molecule has 8 nitrogen and oxygen atoms in total. The Morgan fingerprint density at radius 1 is 1.05 bits per heavy atom. The Kier molecular flexibility index (Phi) is 9.81. The van der Waals surface area contributed by atoms with Crippen LogP contribution in [0.5, 0.6) is 5.75 Å². The van der Waals surface area contributed by atoms with Crippen molar-refractivity contribution in [3.05, 3.63) is 69.9 Å². The summed E-state index contributed by atoms with van der Waals surface area (Å²) in [6.45, 7) is 14.8. The van der Waals surface area contributed by atoms with Gasteiger partial charge in [-0.1, -0.05) is 37.6 Å². The van der Waals surface area contributed by atoms with Crippen molar-refractivity contribution in [3.63, 3.8) is 0 Å². The summed E-state index contributed by atoms with van der Waals surface area (Å²) < 4.78 is 17.0. The predicted octanol–water partition coefficient (Wildman–Crippen LogP) is 7.01. The number of hydrogen-bond acceptors (Lipinski definition) is 7. The molecule has 194 valence electrons. The summed E-state index contributed by atoms with van der Waals surface area (Å²) in [5.74, 6) is 0.0127. The quantitative estimate of drug-likeness (QED) is 0.151. The SMILES string of the molecule is [C-]#[N+]c1ccc(C[C@@H](c2nnc(-c3ccc(OC(=O)CCC)cc3)o2)[C@H](C)OC(=O)CCC)c(C)c1Cl. The number of carbonyl (C=O) groups excluding carboxylic acids is 2. The number of carbonyl (C=O) groups is 2. The van der Waals surface area contributed by atoms with Gasteiger partial charge < -0.3 is 13.9 Å². The number of nitrogens with zero attached hydrogens (tertiary/aromatic N) is 3. The fourth-order valence-corrected chi connectivity index (χ4v) is 4.04. The Balaban J connectivity index is 1.88.